The summed E-state index contributed by atoms with van der Waals surface area (Å²) in [7, 11) is 0. The van der Waals surface area contributed by atoms with E-state index in [1.54, 1.807) is 5.57 Å². The second-order valence-electron chi connectivity index (χ2n) is 3.06. The van der Waals surface area contributed by atoms with Crippen molar-refractivity contribution >= 4 is 31.9 Å². The van der Waals surface area contributed by atoms with Gasteiger partial charge in [0.2, 0.25) is 0 Å². The lowest BCUT2D eigenvalue weighted by Crippen LogP contribution is -1.94. The van der Waals surface area contributed by atoms with E-state index in [1.165, 1.54) is 43.0 Å². The van der Waals surface area contributed by atoms with Gasteiger partial charge in [0, 0.05) is 5.33 Å². The fourth-order valence-corrected chi connectivity index (χ4v) is 3.04. The number of hydrogen-bond donors (Lipinski definition) is 0. The molecule has 1 rings (SSSR count). The van der Waals surface area contributed by atoms with Crippen LogP contribution in [0.15, 0.2) is 10.1 Å². The van der Waals surface area contributed by atoms with Gasteiger partial charge in [-0.25, -0.2) is 0 Å². The van der Waals surface area contributed by atoms with Crippen LogP contribution in [0.4, 0.5) is 0 Å². The van der Waals surface area contributed by atoms with Gasteiger partial charge in [0.1, 0.15) is 0 Å². The fraction of sp³-hybridized carbons (Fsp3) is 0.778. The largest absolute Gasteiger partial charge is 0.0880 e. The molecule has 0 radical (unpaired) electrons. The summed E-state index contributed by atoms with van der Waals surface area (Å²) >= 11 is 7.17. The molecule has 0 aromatic carbocycles. The molecule has 1 aliphatic carbocycles. The number of halogens is 2. The summed E-state index contributed by atoms with van der Waals surface area (Å²) in [5.41, 5.74) is 1.57. The highest BCUT2D eigenvalue weighted by molar-refractivity contribution is 9.12. The molecule has 0 amide bonds. The first-order chi connectivity index (χ1) is 5.34. The van der Waals surface area contributed by atoms with Crippen molar-refractivity contribution in [2.24, 2.45) is 0 Å². The highest BCUT2D eigenvalue weighted by Crippen LogP contribution is 2.27. The van der Waals surface area contributed by atoms with Gasteiger partial charge >= 0.3 is 0 Å². The molecule has 0 heterocycles. The predicted molar refractivity (Wildman–Crippen MR) is 57.4 cm³/mol. The van der Waals surface area contributed by atoms with E-state index in [0.29, 0.717) is 0 Å². The van der Waals surface area contributed by atoms with E-state index in [2.05, 4.69) is 31.9 Å². The van der Waals surface area contributed by atoms with Gasteiger partial charge in [0.15, 0.2) is 0 Å². The van der Waals surface area contributed by atoms with E-state index in [4.69, 9.17) is 0 Å². The van der Waals surface area contributed by atoms with Crippen molar-refractivity contribution in [3.63, 3.8) is 0 Å². The standard InChI is InChI=1S/C9H14Br2/c10-7-8-5-3-1-2-4-6-9(8)11/h1-7H2/b9-8-. The zero-order valence-electron chi connectivity index (χ0n) is 6.71. The van der Waals surface area contributed by atoms with Crippen molar-refractivity contribution in [1.29, 1.82) is 0 Å². The van der Waals surface area contributed by atoms with E-state index in [-0.39, 0.29) is 0 Å². The van der Waals surface area contributed by atoms with Gasteiger partial charge in [-0.3, -0.25) is 0 Å². The van der Waals surface area contributed by atoms with Crippen LogP contribution >= 0.6 is 31.9 Å². The Kier molecular flexibility index (Phi) is 4.77. The van der Waals surface area contributed by atoms with Gasteiger partial charge in [0.25, 0.3) is 0 Å². The van der Waals surface area contributed by atoms with Crippen LogP contribution in [0.2, 0.25) is 0 Å². The molecule has 0 fully saturated rings. The van der Waals surface area contributed by atoms with Gasteiger partial charge in [-0.1, -0.05) is 44.7 Å². The van der Waals surface area contributed by atoms with Gasteiger partial charge in [-0.2, -0.15) is 0 Å². The zero-order valence-corrected chi connectivity index (χ0v) is 9.88. The molecule has 0 atom stereocenters. The molecule has 0 spiro atoms. The first kappa shape index (κ1) is 9.79. The molecule has 0 unspecified atom stereocenters. The lowest BCUT2D eigenvalue weighted by Gasteiger charge is -2.12. The SMILES string of the molecule is BrC/C1=C(\Br)CCCCCC1. The first-order valence-electron chi connectivity index (χ1n) is 4.27. The maximum atomic E-state index is 3.65. The third-order valence-corrected chi connectivity index (χ3v) is 3.80. The summed E-state index contributed by atoms with van der Waals surface area (Å²) < 4.78 is 1.45. The minimum atomic E-state index is 1.05. The molecule has 0 nitrogen and oxygen atoms in total. The van der Waals surface area contributed by atoms with Gasteiger partial charge in [-0.15, -0.1) is 0 Å². The molecule has 0 aromatic rings. The maximum Gasteiger partial charge on any atom is 0.0252 e. The monoisotopic (exact) mass is 280 g/mol. The highest BCUT2D eigenvalue weighted by atomic mass is 79.9. The quantitative estimate of drug-likeness (QED) is 0.626. The van der Waals surface area contributed by atoms with Crippen molar-refractivity contribution in [3.8, 4) is 0 Å². The average Bonchev–Trinajstić information content (AvgIpc) is 1.98. The Morgan fingerprint density at radius 2 is 1.64 bits per heavy atom. The fourth-order valence-electron chi connectivity index (χ4n) is 1.42. The van der Waals surface area contributed by atoms with E-state index in [9.17, 15) is 0 Å². The summed E-state index contributed by atoms with van der Waals surface area (Å²) in [4.78, 5) is 0. The highest BCUT2D eigenvalue weighted by Gasteiger charge is 2.06. The lowest BCUT2D eigenvalue weighted by molar-refractivity contribution is 0.623. The average molecular weight is 282 g/mol. The summed E-state index contributed by atoms with van der Waals surface area (Å²) in [6.07, 6.45) is 8.08. The summed E-state index contributed by atoms with van der Waals surface area (Å²) in [5.74, 6) is 0. The van der Waals surface area contributed by atoms with Crippen LogP contribution < -0.4 is 0 Å². The van der Waals surface area contributed by atoms with Crippen molar-refractivity contribution < 1.29 is 0 Å². The molecular weight excluding hydrogens is 268 g/mol. The zero-order chi connectivity index (χ0) is 8.10. The molecule has 11 heavy (non-hydrogen) atoms. The molecule has 0 bridgehead atoms. The lowest BCUT2D eigenvalue weighted by atomic mass is 10.0. The summed E-state index contributed by atoms with van der Waals surface area (Å²) in [5, 5.41) is 1.05. The first-order valence-corrected chi connectivity index (χ1v) is 6.18. The number of allylic oxidation sites excluding steroid dienone is 2. The Balaban J connectivity index is 2.56. The van der Waals surface area contributed by atoms with Crippen molar-refractivity contribution in [2.75, 3.05) is 5.33 Å². The Labute approximate surface area is 85.7 Å². The number of hydrogen-bond acceptors (Lipinski definition) is 0. The Bertz CT molecular complexity index is 150. The van der Waals surface area contributed by atoms with Crippen LogP contribution in [0.1, 0.15) is 38.5 Å². The second kappa shape index (κ2) is 5.36. The van der Waals surface area contributed by atoms with Crippen molar-refractivity contribution in [1.82, 2.24) is 0 Å². The predicted octanol–water partition coefficient (Wildman–Crippen LogP) is 4.38. The van der Waals surface area contributed by atoms with Crippen LogP contribution in [0.5, 0.6) is 0 Å². The molecule has 2 heteroatoms. The third-order valence-electron chi connectivity index (χ3n) is 2.17. The van der Waals surface area contributed by atoms with Crippen molar-refractivity contribution in [3.05, 3.63) is 10.1 Å². The second-order valence-corrected chi connectivity index (χ2v) is 4.57. The van der Waals surface area contributed by atoms with E-state index in [0.717, 1.165) is 5.33 Å². The third kappa shape index (κ3) is 3.29. The molecule has 0 N–H and O–H groups in total. The Morgan fingerprint density at radius 1 is 1.00 bits per heavy atom. The minimum absolute atomic E-state index is 1.05. The van der Waals surface area contributed by atoms with E-state index in [1.807, 2.05) is 0 Å². The maximum absolute atomic E-state index is 3.65. The van der Waals surface area contributed by atoms with Crippen LogP contribution in [-0.2, 0) is 0 Å². The Morgan fingerprint density at radius 3 is 2.27 bits per heavy atom. The van der Waals surface area contributed by atoms with Crippen LogP contribution in [0.25, 0.3) is 0 Å². The minimum Gasteiger partial charge on any atom is -0.0880 e. The van der Waals surface area contributed by atoms with Gasteiger partial charge in [0.05, 0.1) is 0 Å². The van der Waals surface area contributed by atoms with Crippen LogP contribution in [-0.4, -0.2) is 5.33 Å². The van der Waals surface area contributed by atoms with Gasteiger partial charge in [-0.05, 0) is 35.7 Å². The smallest absolute Gasteiger partial charge is 0.0252 e. The number of alkyl halides is 1. The molecule has 64 valence electrons. The molecule has 0 saturated heterocycles. The topological polar surface area (TPSA) is 0 Å². The van der Waals surface area contributed by atoms with Gasteiger partial charge < -0.3 is 0 Å². The number of rotatable bonds is 1. The summed E-state index contributed by atoms with van der Waals surface area (Å²) in [6.45, 7) is 0. The van der Waals surface area contributed by atoms with E-state index < -0.39 is 0 Å². The van der Waals surface area contributed by atoms with E-state index >= 15 is 0 Å². The van der Waals surface area contributed by atoms with Crippen LogP contribution in [0, 0.1) is 0 Å². The Hall–Kier alpha value is 0.700. The summed E-state index contributed by atoms with van der Waals surface area (Å²) in [6, 6.07) is 0. The van der Waals surface area contributed by atoms with Crippen molar-refractivity contribution in [2.45, 2.75) is 38.5 Å². The molecule has 0 aromatic heterocycles. The molecule has 0 saturated carbocycles. The molecular formula is C9H14Br2. The normalized spacial score (nSPS) is 27.8. The van der Waals surface area contributed by atoms with Crippen LogP contribution in [0.3, 0.4) is 0 Å². The molecule has 0 aliphatic heterocycles. The molecule has 1 aliphatic rings.